The quantitative estimate of drug-likeness (QED) is 0.835. The van der Waals surface area contributed by atoms with Crippen LogP contribution in [-0.2, 0) is 7.05 Å². The fourth-order valence-corrected chi connectivity index (χ4v) is 5.58. The molecule has 1 aromatic carbocycles. The Morgan fingerprint density at radius 3 is 2.63 bits per heavy atom. The standard InChI is InChI=1S/C21H26N4O2/c1-23-10-9-17(22-23)21(26)25-13-16(15-5-3-4-6-18(15)27-2)20-19(25)14-7-11-24(20)12-8-14/h3-6,9-10,14,16,19-20H,7-8,11-13H2,1-2H3. The van der Waals surface area contributed by atoms with Gasteiger partial charge in [0.25, 0.3) is 5.91 Å². The number of aromatic nitrogens is 2. The first kappa shape index (κ1) is 16.8. The Hall–Kier alpha value is -2.34. The topological polar surface area (TPSA) is 50.6 Å². The molecule has 0 saturated carbocycles. The third kappa shape index (κ3) is 2.57. The number of hydrogen-bond acceptors (Lipinski definition) is 4. The van der Waals surface area contributed by atoms with Crippen molar-refractivity contribution in [1.82, 2.24) is 19.6 Å². The SMILES string of the molecule is COc1ccccc1C1CN(C(=O)c2ccn(C)n2)C2C3CCN(CC3)C12. The van der Waals surface area contributed by atoms with Crippen LogP contribution in [0.3, 0.4) is 0 Å². The number of carbonyl (C=O) groups is 1. The molecule has 3 unspecified atom stereocenters. The molecule has 2 bridgehead atoms. The molecule has 142 valence electrons. The summed E-state index contributed by atoms with van der Waals surface area (Å²) in [4.78, 5) is 18.0. The van der Waals surface area contributed by atoms with Crippen LogP contribution in [0.2, 0.25) is 0 Å². The molecule has 5 heterocycles. The number of likely N-dealkylation sites (tertiary alicyclic amines) is 1. The fourth-order valence-electron chi connectivity index (χ4n) is 5.58. The molecule has 6 heteroatoms. The van der Waals surface area contributed by atoms with E-state index in [0.29, 0.717) is 17.7 Å². The number of carbonyl (C=O) groups excluding carboxylic acids is 1. The number of methoxy groups -OCH3 is 1. The molecule has 0 spiro atoms. The van der Waals surface area contributed by atoms with Crippen LogP contribution in [0, 0.1) is 5.92 Å². The maximum absolute atomic E-state index is 13.3. The molecule has 27 heavy (non-hydrogen) atoms. The highest BCUT2D eigenvalue weighted by molar-refractivity contribution is 5.93. The number of aryl methyl sites for hydroxylation is 1. The second-order valence-electron chi connectivity index (χ2n) is 8.04. The summed E-state index contributed by atoms with van der Waals surface area (Å²) in [5.74, 6) is 1.86. The van der Waals surface area contributed by atoms with E-state index in [9.17, 15) is 4.79 Å². The monoisotopic (exact) mass is 366 g/mol. The minimum absolute atomic E-state index is 0.0664. The predicted molar refractivity (Wildman–Crippen MR) is 102 cm³/mol. The molecule has 4 aliphatic heterocycles. The van der Waals surface area contributed by atoms with Gasteiger partial charge in [0, 0.05) is 37.3 Å². The summed E-state index contributed by atoms with van der Waals surface area (Å²) in [6, 6.07) is 10.8. The number of benzene rings is 1. The zero-order valence-corrected chi connectivity index (χ0v) is 15.9. The van der Waals surface area contributed by atoms with Crippen molar-refractivity contribution in [2.24, 2.45) is 13.0 Å². The Morgan fingerprint density at radius 1 is 1.15 bits per heavy atom. The van der Waals surface area contributed by atoms with Crippen LogP contribution in [0.5, 0.6) is 5.75 Å². The maximum atomic E-state index is 13.3. The van der Waals surface area contributed by atoms with E-state index in [1.807, 2.05) is 31.4 Å². The molecule has 0 radical (unpaired) electrons. The second-order valence-corrected chi connectivity index (χ2v) is 8.04. The lowest BCUT2D eigenvalue weighted by Gasteiger charge is -2.51. The summed E-state index contributed by atoms with van der Waals surface area (Å²) in [5, 5.41) is 4.37. The number of rotatable bonds is 3. The maximum Gasteiger partial charge on any atom is 0.274 e. The lowest BCUT2D eigenvalue weighted by Crippen LogP contribution is -2.60. The van der Waals surface area contributed by atoms with Gasteiger partial charge in [-0.2, -0.15) is 5.10 Å². The first-order valence-corrected chi connectivity index (χ1v) is 9.85. The molecule has 4 fully saturated rings. The van der Waals surface area contributed by atoms with Gasteiger partial charge >= 0.3 is 0 Å². The summed E-state index contributed by atoms with van der Waals surface area (Å²) in [7, 11) is 3.59. The second kappa shape index (κ2) is 6.37. The first-order chi connectivity index (χ1) is 13.2. The molecule has 6 nitrogen and oxygen atoms in total. The normalized spacial score (nSPS) is 31.8. The number of ether oxygens (including phenoxy) is 1. The van der Waals surface area contributed by atoms with Crippen molar-refractivity contribution in [3.8, 4) is 5.75 Å². The zero-order chi connectivity index (χ0) is 18.5. The van der Waals surface area contributed by atoms with Crippen molar-refractivity contribution in [1.29, 1.82) is 0 Å². The van der Waals surface area contributed by atoms with E-state index in [4.69, 9.17) is 4.74 Å². The highest BCUT2D eigenvalue weighted by Crippen LogP contribution is 2.48. The van der Waals surface area contributed by atoms with E-state index in [2.05, 4.69) is 27.0 Å². The number of nitrogens with zero attached hydrogens (tertiary/aromatic N) is 4. The molecular weight excluding hydrogens is 340 g/mol. The molecule has 0 aliphatic carbocycles. The minimum atomic E-state index is 0.0664. The van der Waals surface area contributed by atoms with Gasteiger partial charge in [0.05, 0.1) is 13.2 Å². The van der Waals surface area contributed by atoms with Crippen LogP contribution in [0.1, 0.15) is 34.8 Å². The van der Waals surface area contributed by atoms with Crippen molar-refractivity contribution >= 4 is 5.91 Å². The number of amides is 1. The van der Waals surface area contributed by atoms with Crippen LogP contribution in [-0.4, -0.2) is 64.3 Å². The molecule has 1 aromatic heterocycles. The Morgan fingerprint density at radius 2 is 1.93 bits per heavy atom. The molecule has 4 saturated heterocycles. The van der Waals surface area contributed by atoms with E-state index in [-0.39, 0.29) is 17.9 Å². The van der Waals surface area contributed by atoms with Crippen LogP contribution < -0.4 is 4.74 Å². The Bertz CT molecular complexity index is 855. The van der Waals surface area contributed by atoms with Gasteiger partial charge in [-0.3, -0.25) is 14.4 Å². The van der Waals surface area contributed by atoms with Crippen molar-refractivity contribution in [3.63, 3.8) is 0 Å². The highest BCUT2D eigenvalue weighted by Gasteiger charge is 2.55. The van der Waals surface area contributed by atoms with E-state index in [0.717, 1.165) is 25.4 Å². The molecule has 3 atom stereocenters. The van der Waals surface area contributed by atoms with Crippen molar-refractivity contribution in [2.45, 2.75) is 30.8 Å². The van der Waals surface area contributed by atoms with Crippen molar-refractivity contribution in [3.05, 3.63) is 47.8 Å². The van der Waals surface area contributed by atoms with Gasteiger partial charge in [-0.15, -0.1) is 0 Å². The average Bonchev–Trinajstić information content (AvgIpc) is 3.33. The molecule has 1 amide bonds. The Balaban J connectivity index is 1.55. The van der Waals surface area contributed by atoms with Gasteiger partial charge in [-0.25, -0.2) is 0 Å². The van der Waals surface area contributed by atoms with Gasteiger partial charge in [0.1, 0.15) is 11.4 Å². The molecule has 2 aromatic rings. The summed E-state index contributed by atoms with van der Waals surface area (Å²) >= 11 is 0. The van der Waals surface area contributed by atoms with Crippen LogP contribution >= 0.6 is 0 Å². The lowest BCUT2D eigenvalue weighted by molar-refractivity contribution is -0.00369. The smallest absolute Gasteiger partial charge is 0.274 e. The molecule has 0 N–H and O–H groups in total. The zero-order valence-electron chi connectivity index (χ0n) is 15.9. The molecule has 6 rings (SSSR count). The Labute approximate surface area is 159 Å². The van der Waals surface area contributed by atoms with Gasteiger partial charge < -0.3 is 9.64 Å². The summed E-state index contributed by atoms with van der Waals surface area (Å²) < 4.78 is 7.37. The first-order valence-electron chi connectivity index (χ1n) is 9.85. The highest BCUT2D eigenvalue weighted by atomic mass is 16.5. The average molecular weight is 366 g/mol. The number of hydrogen-bond donors (Lipinski definition) is 0. The largest absolute Gasteiger partial charge is 0.496 e. The Kier molecular flexibility index (Phi) is 3.97. The molecule has 4 aliphatic rings. The number of fused-ring (bicyclic) bond motifs is 2. The number of para-hydroxylation sites is 1. The predicted octanol–water partition coefficient (Wildman–Crippen LogP) is 2.13. The number of piperidine rings is 3. The van der Waals surface area contributed by atoms with Gasteiger partial charge in [0.15, 0.2) is 0 Å². The van der Waals surface area contributed by atoms with Crippen LogP contribution in [0.4, 0.5) is 0 Å². The third-order valence-electron chi connectivity index (χ3n) is 6.73. The van der Waals surface area contributed by atoms with Crippen molar-refractivity contribution < 1.29 is 9.53 Å². The fraction of sp³-hybridized carbons (Fsp3) is 0.524. The summed E-state index contributed by atoms with van der Waals surface area (Å²) in [5.41, 5.74) is 1.77. The lowest BCUT2D eigenvalue weighted by atomic mass is 9.75. The van der Waals surface area contributed by atoms with Gasteiger partial charge in [-0.1, -0.05) is 18.2 Å². The van der Waals surface area contributed by atoms with E-state index in [1.165, 1.54) is 18.4 Å². The summed E-state index contributed by atoms with van der Waals surface area (Å²) in [6.45, 7) is 3.02. The molecular formula is C21H26N4O2. The van der Waals surface area contributed by atoms with E-state index < -0.39 is 0 Å². The van der Waals surface area contributed by atoms with Crippen LogP contribution in [0.25, 0.3) is 0 Å². The minimum Gasteiger partial charge on any atom is -0.496 e. The third-order valence-corrected chi connectivity index (χ3v) is 6.73. The summed E-state index contributed by atoms with van der Waals surface area (Å²) in [6.07, 6.45) is 4.21. The van der Waals surface area contributed by atoms with Gasteiger partial charge in [0.2, 0.25) is 0 Å². The van der Waals surface area contributed by atoms with Gasteiger partial charge in [-0.05, 0) is 44.0 Å². The van der Waals surface area contributed by atoms with Crippen LogP contribution in [0.15, 0.2) is 36.5 Å². The van der Waals surface area contributed by atoms with E-state index in [1.54, 1.807) is 11.8 Å². The van der Waals surface area contributed by atoms with Crippen molar-refractivity contribution in [2.75, 3.05) is 26.7 Å². The van der Waals surface area contributed by atoms with E-state index >= 15 is 0 Å².